The first-order valence-electron chi connectivity index (χ1n) is 5.88. The Bertz CT molecular complexity index is 437. The van der Waals surface area contributed by atoms with E-state index in [4.69, 9.17) is 23.2 Å². The van der Waals surface area contributed by atoms with Crippen LogP contribution in [-0.4, -0.2) is 11.0 Å². The highest BCUT2D eigenvalue weighted by Gasteiger charge is 2.39. The minimum absolute atomic E-state index is 0.0776. The SMILES string of the molecule is OC(CC1CCC(F)(F)C1)c1ccc(Cl)c(Cl)c1. The van der Waals surface area contributed by atoms with Crippen LogP contribution in [0.2, 0.25) is 10.0 Å². The maximum Gasteiger partial charge on any atom is 0.248 e. The quantitative estimate of drug-likeness (QED) is 0.845. The summed E-state index contributed by atoms with van der Waals surface area (Å²) in [6.45, 7) is 0. The minimum Gasteiger partial charge on any atom is -0.388 e. The van der Waals surface area contributed by atoms with Crippen LogP contribution < -0.4 is 0 Å². The zero-order chi connectivity index (χ0) is 13.3. The molecule has 18 heavy (non-hydrogen) atoms. The van der Waals surface area contributed by atoms with Crippen molar-refractivity contribution >= 4 is 23.2 Å². The molecule has 100 valence electrons. The van der Waals surface area contributed by atoms with E-state index in [1.54, 1.807) is 18.2 Å². The summed E-state index contributed by atoms with van der Waals surface area (Å²) in [4.78, 5) is 0. The third kappa shape index (κ3) is 3.34. The van der Waals surface area contributed by atoms with Gasteiger partial charge >= 0.3 is 0 Å². The molecular formula is C13H14Cl2F2O. The summed E-state index contributed by atoms with van der Waals surface area (Å²) in [6.07, 6.45) is -0.172. The summed E-state index contributed by atoms with van der Waals surface area (Å²) in [5, 5.41) is 10.8. The average Bonchev–Trinajstić information content (AvgIpc) is 2.62. The molecule has 2 rings (SSSR count). The number of hydrogen-bond donors (Lipinski definition) is 1. The molecule has 1 nitrogen and oxygen atoms in total. The normalized spacial score (nSPS) is 24.2. The van der Waals surface area contributed by atoms with Gasteiger partial charge in [-0.2, -0.15) is 0 Å². The van der Waals surface area contributed by atoms with Crippen LogP contribution in [0.3, 0.4) is 0 Å². The van der Waals surface area contributed by atoms with Crippen molar-refractivity contribution in [1.29, 1.82) is 0 Å². The Kier molecular flexibility index (Phi) is 4.15. The van der Waals surface area contributed by atoms with E-state index >= 15 is 0 Å². The Morgan fingerprint density at radius 3 is 2.61 bits per heavy atom. The molecule has 1 fully saturated rings. The summed E-state index contributed by atoms with van der Waals surface area (Å²) < 4.78 is 26.1. The molecule has 0 amide bonds. The third-order valence-electron chi connectivity index (χ3n) is 3.39. The first-order chi connectivity index (χ1) is 8.37. The van der Waals surface area contributed by atoms with Crippen LogP contribution in [0.1, 0.15) is 37.4 Å². The van der Waals surface area contributed by atoms with Crippen molar-refractivity contribution in [2.45, 2.75) is 37.7 Å². The van der Waals surface area contributed by atoms with E-state index in [0.717, 1.165) is 0 Å². The molecule has 2 atom stereocenters. The van der Waals surface area contributed by atoms with Crippen molar-refractivity contribution in [3.63, 3.8) is 0 Å². The van der Waals surface area contributed by atoms with Gasteiger partial charge in [-0.3, -0.25) is 0 Å². The Morgan fingerprint density at radius 1 is 1.33 bits per heavy atom. The minimum atomic E-state index is -2.57. The molecule has 1 aromatic carbocycles. The lowest BCUT2D eigenvalue weighted by Crippen LogP contribution is -2.11. The first-order valence-corrected chi connectivity index (χ1v) is 6.64. The fourth-order valence-electron chi connectivity index (χ4n) is 2.41. The van der Waals surface area contributed by atoms with Crippen LogP contribution in [0.4, 0.5) is 8.78 Å². The summed E-state index contributed by atoms with van der Waals surface area (Å²) in [7, 11) is 0. The van der Waals surface area contributed by atoms with Crippen LogP contribution >= 0.6 is 23.2 Å². The molecule has 0 radical (unpaired) electrons. The molecule has 1 N–H and O–H groups in total. The monoisotopic (exact) mass is 294 g/mol. The van der Waals surface area contributed by atoms with Gasteiger partial charge in [0.05, 0.1) is 16.1 Å². The molecule has 2 unspecified atom stereocenters. The van der Waals surface area contributed by atoms with Crippen LogP contribution in [-0.2, 0) is 0 Å². The standard InChI is InChI=1S/C13H14Cl2F2O/c14-10-2-1-9(6-11(10)15)12(18)5-8-3-4-13(16,17)7-8/h1-2,6,8,12,18H,3-5,7H2. The third-order valence-corrected chi connectivity index (χ3v) is 4.13. The zero-order valence-corrected chi connectivity index (χ0v) is 11.2. The second-order valence-electron chi connectivity index (χ2n) is 4.89. The first kappa shape index (κ1) is 14.0. The van der Waals surface area contributed by atoms with Crippen LogP contribution in [0.25, 0.3) is 0 Å². The maximum atomic E-state index is 13.0. The van der Waals surface area contributed by atoms with Crippen molar-refractivity contribution in [3.8, 4) is 0 Å². The van der Waals surface area contributed by atoms with Crippen LogP contribution in [0.5, 0.6) is 0 Å². The molecule has 1 aliphatic carbocycles. The topological polar surface area (TPSA) is 20.2 Å². The number of aliphatic hydroxyl groups is 1. The lowest BCUT2D eigenvalue weighted by Gasteiger charge is -2.16. The Morgan fingerprint density at radius 2 is 2.06 bits per heavy atom. The smallest absolute Gasteiger partial charge is 0.248 e. The van der Waals surface area contributed by atoms with Gasteiger partial charge in [-0.05, 0) is 36.5 Å². The summed E-state index contributed by atoms with van der Waals surface area (Å²) in [5.41, 5.74) is 0.625. The van der Waals surface area contributed by atoms with Crippen molar-refractivity contribution in [2.75, 3.05) is 0 Å². The average molecular weight is 295 g/mol. The second kappa shape index (κ2) is 5.32. The second-order valence-corrected chi connectivity index (χ2v) is 5.70. The number of aliphatic hydroxyl groups excluding tert-OH is 1. The molecule has 0 heterocycles. The van der Waals surface area contributed by atoms with E-state index in [1.807, 2.05) is 0 Å². The number of alkyl halides is 2. The molecule has 0 aromatic heterocycles. The van der Waals surface area contributed by atoms with Gasteiger partial charge in [0.15, 0.2) is 0 Å². The van der Waals surface area contributed by atoms with E-state index in [1.165, 1.54) is 0 Å². The highest BCUT2D eigenvalue weighted by Crippen LogP contribution is 2.42. The molecule has 0 bridgehead atoms. The Balaban J connectivity index is 1.99. The summed E-state index contributed by atoms with van der Waals surface area (Å²) >= 11 is 11.6. The fourth-order valence-corrected chi connectivity index (χ4v) is 2.72. The molecule has 1 saturated carbocycles. The van der Waals surface area contributed by atoms with Crippen LogP contribution in [0.15, 0.2) is 18.2 Å². The number of hydrogen-bond acceptors (Lipinski definition) is 1. The van der Waals surface area contributed by atoms with Gasteiger partial charge in [0.2, 0.25) is 5.92 Å². The highest BCUT2D eigenvalue weighted by atomic mass is 35.5. The highest BCUT2D eigenvalue weighted by molar-refractivity contribution is 6.42. The van der Waals surface area contributed by atoms with E-state index in [0.29, 0.717) is 28.5 Å². The Hall–Kier alpha value is -0.380. The zero-order valence-electron chi connectivity index (χ0n) is 9.67. The summed E-state index contributed by atoms with van der Waals surface area (Å²) in [5.74, 6) is -2.70. The molecule has 1 aliphatic rings. The van der Waals surface area contributed by atoms with Gasteiger partial charge in [0.25, 0.3) is 0 Å². The van der Waals surface area contributed by atoms with Crippen molar-refractivity contribution in [2.24, 2.45) is 5.92 Å². The number of benzene rings is 1. The summed E-state index contributed by atoms with van der Waals surface area (Å²) in [6, 6.07) is 4.86. The predicted octanol–water partition coefficient (Wildman–Crippen LogP) is 4.85. The van der Waals surface area contributed by atoms with Gasteiger partial charge in [0.1, 0.15) is 0 Å². The molecule has 5 heteroatoms. The van der Waals surface area contributed by atoms with Crippen molar-refractivity contribution in [1.82, 2.24) is 0 Å². The fraction of sp³-hybridized carbons (Fsp3) is 0.538. The van der Waals surface area contributed by atoms with Gasteiger partial charge in [-0.25, -0.2) is 8.78 Å². The molecule has 1 aromatic rings. The van der Waals surface area contributed by atoms with Gasteiger partial charge in [-0.15, -0.1) is 0 Å². The van der Waals surface area contributed by atoms with Gasteiger partial charge < -0.3 is 5.11 Å². The largest absolute Gasteiger partial charge is 0.388 e. The van der Waals surface area contributed by atoms with Crippen LogP contribution in [0, 0.1) is 5.92 Å². The Labute approximate surface area is 115 Å². The molecule has 0 aliphatic heterocycles. The molecular weight excluding hydrogens is 281 g/mol. The van der Waals surface area contributed by atoms with E-state index < -0.39 is 12.0 Å². The maximum absolute atomic E-state index is 13.0. The number of halogens is 4. The van der Waals surface area contributed by atoms with E-state index in [9.17, 15) is 13.9 Å². The van der Waals surface area contributed by atoms with Crippen molar-refractivity contribution < 1.29 is 13.9 Å². The van der Waals surface area contributed by atoms with E-state index in [-0.39, 0.29) is 18.8 Å². The van der Waals surface area contributed by atoms with Crippen molar-refractivity contribution in [3.05, 3.63) is 33.8 Å². The number of rotatable bonds is 3. The van der Waals surface area contributed by atoms with Gasteiger partial charge in [0, 0.05) is 12.8 Å². The molecule has 0 spiro atoms. The molecule has 0 saturated heterocycles. The lowest BCUT2D eigenvalue weighted by atomic mass is 9.95. The lowest BCUT2D eigenvalue weighted by molar-refractivity contribution is 0.00254. The predicted molar refractivity (Wildman–Crippen MR) is 68.3 cm³/mol. The van der Waals surface area contributed by atoms with E-state index in [2.05, 4.69) is 0 Å². The van der Waals surface area contributed by atoms with Gasteiger partial charge in [-0.1, -0.05) is 29.3 Å².